The van der Waals surface area contributed by atoms with Gasteiger partial charge in [0.05, 0.1) is 0 Å². The minimum absolute atomic E-state index is 1.09. The molecule has 62 heavy (non-hydrogen) atoms. The van der Waals surface area contributed by atoms with E-state index in [0.29, 0.717) is 0 Å². The van der Waals surface area contributed by atoms with E-state index in [9.17, 15) is 0 Å². The Hall–Kier alpha value is -7.78. The topological polar surface area (TPSA) is 3.24 Å². The number of hydrogen-bond acceptors (Lipinski definition) is 2. The molecule has 290 valence electrons. The fourth-order valence-corrected chi connectivity index (χ4v) is 10.6. The second-order valence-corrected chi connectivity index (χ2v) is 17.1. The standard InChI is InChI=1S/C60H39NS/c1-3-15-40(16-4-1)42-27-31-44(32-28-42)61(45-33-29-43(30-34-45)41-17-5-2-6-18-41)46-35-36-53-55(37-46)51-23-11-9-21-49(51)47-19-7-8-20-48(47)50-22-10-12-24-52(50)57-39-60-58(38-56(53)57)54-25-13-14-26-59(54)62-60/h1-39H. The van der Waals surface area contributed by atoms with Crippen LogP contribution in [-0.4, -0.2) is 0 Å². The summed E-state index contributed by atoms with van der Waals surface area (Å²) in [5.74, 6) is 0. The van der Waals surface area contributed by atoms with Crippen LogP contribution >= 0.6 is 11.3 Å². The van der Waals surface area contributed by atoms with Gasteiger partial charge in [0, 0.05) is 37.2 Å². The number of thiophene rings is 1. The zero-order chi connectivity index (χ0) is 41.0. The first-order chi connectivity index (χ1) is 30.7. The number of rotatable bonds is 5. The predicted molar refractivity (Wildman–Crippen MR) is 270 cm³/mol. The van der Waals surface area contributed by atoms with Gasteiger partial charge in [-0.3, -0.25) is 0 Å². The Kier molecular flexibility index (Phi) is 8.76. The van der Waals surface area contributed by atoms with Crippen LogP contribution in [0.1, 0.15) is 0 Å². The number of fused-ring (bicyclic) bond motifs is 13. The Morgan fingerprint density at radius 3 is 1.06 bits per heavy atom. The summed E-state index contributed by atoms with van der Waals surface area (Å²) in [6.45, 7) is 0. The van der Waals surface area contributed by atoms with Gasteiger partial charge in [-0.25, -0.2) is 0 Å². The summed E-state index contributed by atoms with van der Waals surface area (Å²) >= 11 is 1.88. The molecule has 0 amide bonds. The maximum atomic E-state index is 2.47. The summed E-state index contributed by atoms with van der Waals surface area (Å²) in [5, 5.41) is 14.8. The molecule has 0 saturated heterocycles. The van der Waals surface area contributed by atoms with Crippen LogP contribution in [0.2, 0.25) is 0 Å². The molecular weight excluding hydrogens is 767 g/mol. The van der Waals surface area contributed by atoms with Gasteiger partial charge in [-0.05, 0) is 131 Å². The molecule has 12 aromatic rings. The summed E-state index contributed by atoms with van der Waals surface area (Å²) in [6.07, 6.45) is 0. The van der Waals surface area contributed by atoms with E-state index in [-0.39, 0.29) is 0 Å². The highest BCUT2D eigenvalue weighted by molar-refractivity contribution is 7.25. The normalized spacial score (nSPS) is 11.5. The monoisotopic (exact) mass is 805 g/mol. The second kappa shape index (κ2) is 15.0. The van der Waals surface area contributed by atoms with Gasteiger partial charge in [0.2, 0.25) is 0 Å². The zero-order valence-corrected chi connectivity index (χ0v) is 34.7. The molecule has 0 fully saturated rings. The van der Waals surface area contributed by atoms with Crippen LogP contribution in [0, 0.1) is 0 Å². The third kappa shape index (κ3) is 6.15. The van der Waals surface area contributed by atoms with E-state index in [1.165, 1.54) is 96.3 Å². The van der Waals surface area contributed by atoms with Gasteiger partial charge in [0.1, 0.15) is 0 Å². The van der Waals surface area contributed by atoms with Crippen LogP contribution in [0.25, 0.3) is 96.3 Å². The smallest absolute Gasteiger partial charge is 0.0468 e. The molecule has 0 bridgehead atoms. The average Bonchev–Trinajstić information content (AvgIpc) is 3.72. The quantitative estimate of drug-likeness (QED) is 0.167. The van der Waals surface area contributed by atoms with Crippen molar-refractivity contribution in [2.24, 2.45) is 0 Å². The van der Waals surface area contributed by atoms with Crippen molar-refractivity contribution < 1.29 is 0 Å². The van der Waals surface area contributed by atoms with E-state index in [0.717, 1.165) is 17.1 Å². The molecule has 1 heterocycles. The number of hydrogen-bond donors (Lipinski definition) is 0. The van der Waals surface area contributed by atoms with Crippen LogP contribution in [0.5, 0.6) is 0 Å². The van der Waals surface area contributed by atoms with E-state index in [1.807, 2.05) is 11.3 Å². The van der Waals surface area contributed by atoms with Crippen molar-refractivity contribution in [1.82, 2.24) is 0 Å². The van der Waals surface area contributed by atoms with E-state index in [4.69, 9.17) is 0 Å². The maximum Gasteiger partial charge on any atom is 0.0468 e. The van der Waals surface area contributed by atoms with Gasteiger partial charge >= 0.3 is 0 Å². The summed E-state index contributed by atoms with van der Waals surface area (Å²) in [5.41, 5.74) is 8.07. The van der Waals surface area contributed by atoms with Crippen molar-refractivity contribution in [3.05, 3.63) is 237 Å². The lowest BCUT2D eigenvalue weighted by Crippen LogP contribution is -2.09. The Morgan fingerprint density at radius 1 is 0.210 bits per heavy atom. The Morgan fingerprint density at radius 2 is 0.565 bits per heavy atom. The van der Waals surface area contributed by atoms with Crippen LogP contribution in [0.3, 0.4) is 0 Å². The van der Waals surface area contributed by atoms with E-state index < -0.39 is 0 Å². The highest BCUT2D eigenvalue weighted by atomic mass is 32.1. The third-order valence-corrected chi connectivity index (χ3v) is 13.6. The summed E-state index contributed by atoms with van der Waals surface area (Å²) in [7, 11) is 0. The van der Waals surface area contributed by atoms with Gasteiger partial charge < -0.3 is 4.90 Å². The molecule has 0 aliphatic carbocycles. The van der Waals surface area contributed by atoms with Gasteiger partial charge in [-0.2, -0.15) is 0 Å². The van der Waals surface area contributed by atoms with Crippen LogP contribution in [0.15, 0.2) is 237 Å². The Bertz CT molecular complexity index is 3640. The van der Waals surface area contributed by atoms with Crippen molar-refractivity contribution in [1.29, 1.82) is 0 Å². The predicted octanol–water partition coefficient (Wildman–Crippen LogP) is 17.7. The Balaban J connectivity index is 1.20. The molecule has 12 rings (SSSR count). The minimum atomic E-state index is 1.09. The van der Waals surface area contributed by atoms with Crippen molar-refractivity contribution >= 4 is 102 Å². The average molecular weight is 806 g/mol. The minimum Gasteiger partial charge on any atom is -0.310 e. The van der Waals surface area contributed by atoms with Crippen molar-refractivity contribution in [3.63, 3.8) is 0 Å². The lowest BCUT2D eigenvalue weighted by Gasteiger charge is -2.26. The fraction of sp³-hybridized carbons (Fsp3) is 0. The first kappa shape index (κ1) is 36.1. The zero-order valence-electron chi connectivity index (χ0n) is 33.9. The molecule has 0 unspecified atom stereocenters. The van der Waals surface area contributed by atoms with Crippen LogP contribution in [0.4, 0.5) is 17.1 Å². The summed E-state index contributed by atoms with van der Waals surface area (Å²) in [6, 6.07) is 87.0. The first-order valence-corrected chi connectivity index (χ1v) is 22.1. The second-order valence-electron chi connectivity index (χ2n) is 16.0. The SMILES string of the molecule is c1ccc(-c2ccc(N(c3ccc(-c4ccccc4)cc3)c3ccc4c(c3)c3ccccc3c3ccccc3c3ccccc3c3cc5sc6ccccc6c5cc43)cc2)cc1. The number of anilines is 3. The van der Waals surface area contributed by atoms with Gasteiger partial charge in [0.25, 0.3) is 0 Å². The van der Waals surface area contributed by atoms with Gasteiger partial charge in [-0.1, -0.05) is 182 Å². The van der Waals surface area contributed by atoms with Crippen LogP contribution in [-0.2, 0) is 0 Å². The lowest BCUT2D eigenvalue weighted by atomic mass is 9.93. The highest BCUT2D eigenvalue weighted by Gasteiger charge is 2.17. The van der Waals surface area contributed by atoms with Crippen molar-refractivity contribution in [3.8, 4) is 22.3 Å². The highest BCUT2D eigenvalue weighted by Crippen LogP contribution is 2.44. The number of benzene rings is 10. The third-order valence-electron chi connectivity index (χ3n) is 12.5. The van der Waals surface area contributed by atoms with Gasteiger partial charge in [0.15, 0.2) is 0 Å². The molecule has 1 aromatic heterocycles. The van der Waals surface area contributed by atoms with E-state index in [2.05, 4.69) is 241 Å². The lowest BCUT2D eigenvalue weighted by molar-refractivity contribution is 1.29. The van der Waals surface area contributed by atoms with E-state index in [1.54, 1.807) is 0 Å². The molecule has 0 saturated carbocycles. The molecule has 0 atom stereocenters. The largest absolute Gasteiger partial charge is 0.310 e. The molecule has 0 radical (unpaired) electrons. The molecule has 0 aliphatic rings. The summed E-state index contributed by atoms with van der Waals surface area (Å²) < 4.78 is 2.61. The summed E-state index contributed by atoms with van der Waals surface area (Å²) in [4.78, 5) is 2.41. The molecular formula is C60H39NS. The van der Waals surface area contributed by atoms with Crippen molar-refractivity contribution in [2.75, 3.05) is 4.90 Å². The molecule has 1 nitrogen and oxygen atoms in total. The molecule has 0 N–H and O–H groups in total. The van der Waals surface area contributed by atoms with Crippen LogP contribution < -0.4 is 4.90 Å². The molecule has 2 heteroatoms. The molecule has 0 aliphatic heterocycles. The molecule has 0 spiro atoms. The van der Waals surface area contributed by atoms with Gasteiger partial charge in [-0.15, -0.1) is 11.3 Å². The van der Waals surface area contributed by atoms with E-state index >= 15 is 0 Å². The fourth-order valence-electron chi connectivity index (χ4n) is 9.52. The Labute approximate surface area is 364 Å². The maximum absolute atomic E-state index is 2.47. The molecule has 11 aromatic carbocycles. The van der Waals surface area contributed by atoms with Crippen molar-refractivity contribution in [2.45, 2.75) is 0 Å². The number of nitrogens with zero attached hydrogens (tertiary/aromatic N) is 1. The first-order valence-electron chi connectivity index (χ1n) is 21.2.